The maximum Gasteiger partial charge on any atom is 0.147 e. The molecule has 0 aromatic carbocycles. The fraction of sp³-hybridized carbons (Fsp3) is 1.00. The van der Waals surface area contributed by atoms with Crippen LogP contribution in [-0.4, -0.2) is 37.3 Å². The molecule has 1 rings (SSSR count). The van der Waals surface area contributed by atoms with Crippen LogP contribution in [0.25, 0.3) is 0 Å². The molecule has 0 spiro atoms. The van der Waals surface area contributed by atoms with Crippen LogP contribution in [0.4, 0.5) is 0 Å². The predicted octanol–water partition coefficient (Wildman–Crippen LogP) is -1.32. The van der Waals surface area contributed by atoms with Gasteiger partial charge in [0.05, 0.1) is 12.7 Å². The molecule has 4 nitrogen and oxygen atoms in total. The van der Waals surface area contributed by atoms with Crippen LogP contribution in [0.5, 0.6) is 0 Å². The number of aliphatic hydroxyl groups is 1. The van der Waals surface area contributed by atoms with Gasteiger partial charge in [-0.25, -0.2) is 0 Å². The smallest absolute Gasteiger partial charge is 0.147 e. The van der Waals surface area contributed by atoms with E-state index in [1.54, 1.807) is 0 Å². The minimum atomic E-state index is -0.576. The van der Waals surface area contributed by atoms with Crippen molar-refractivity contribution in [3.05, 3.63) is 0 Å². The van der Waals surface area contributed by atoms with Gasteiger partial charge in [0.15, 0.2) is 0 Å². The van der Waals surface area contributed by atoms with Gasteiger partial charge < -0.3 is 20.3 Å². The van der Waals surface area contributed by atoms with Gasteiger partial charge >= 0.3 is 0 Å². The summed E-state index contributed by atoms with van der Waals surface area (Å²) in [6, 6.07) is 0. The molecule has 2 unspecified atom stereocenters. The van der Waals surface area contributed by atoms with E-state index in [4.69, 9.17) is 20.3 Å². The van der Waals surface area contributed by atoms with Crippen molar-refractivity contribution in [3.63, 3.8) is 0 Å². The Morgan fingerprint density at radius 3 is 3.00 bits per heavy atom. The number of hydrogen-bond acceptors (Lipinski definition) is 4. The second-order valence-corrected chi connectivity index (χ2v) is 2.00. The van der Waals surface area contributed by atoms with Crippen LogP contribution in [0.3, 0.4) is 0 Å². The number of hydrogen-bond donors (Lipinski definition) is 2. The van der Waals surface area contributed by atoms with Crippen LogP contribution in [0, 0.1) is 0 Å². The molecule has 2 atom stereocenters. The van der Waals surface area contributed by atoms with Crippen molar-refractivity contribution in [2.45, 2.75) is 12.2 Å². The molecule has 9 heavy (non-hydrogen) atoms. The van der Waals surface area contributed by atoms with E-state index in [9.17, 15) is 0 Å². The second-order valence-electron chi connectivity index (χ2n) is 2.00. The lowest BCUT2D eigenvalue weighted by atomic mass is 10.2. The Labute approximate surface area is 53.6 Å². The van der Waals surface area contributed by atoms with Crippen LogP contribution >= 0.6 is 0 Å². The number of ether oxygens (including phenoxy) is 2. The minimum Gasteiger partial charge on any atom is -0.389 e. The van der Waals surface area contributed by atoms with E-state index in [1.165, 1.54) is 0 Å². The fourth-order valence-electron chi connectivity index (χ4n) is 0.722. The Morgan fingerprint density at radius 1 is 1.78 bits per heavy atom. The molecule has 1 heterocycles. The second kappa shape index (κ2) is 3.12. The van der Waals surface area contributed by atoms with E-state index >= 15 is 0 Å². The van der Waals surface area contributed by atoms with Crippen molar-refractivity contribution in [1.82, 2.24) is 0 Å². The molecule has 0 aromatic rings. The monoisotopic (exact) mass is 133 g/mol. The van der Waals surface area contributed by atoms with Gasteiger partial charge in [-0.15, -0.1) is 0 Å². The topological polar surface area (TPSA) is 64.7 Å². The summed E-state index contributed by atoms with van der Waals surface area (Å²) in [7, 11) is 0. The van der Waals surface area contributed by atoms with E-state index in [2.05, 4.69) is 0 Å². The third-order valence-electron chi connectivity index (χ3n) is 1.32. The van der Waals surface area contributed by atoms with Crippen LogP contribution in [0.2, 0.25) is 0 Å². The first kappa shape index (κ1) is 6.95. The Bertz CT molecular complexity index is 82.3. The normalized spacial score (nSPS) is 30.7. The van der Waals surface area contributed by atoms with E-state index in [-0.39, 0.29) is 19.4 Å². The van der Waals surface area contributed by atoms with Gasteiger partial charge in [0.2, 0.25) is 0 Å². The first-order chi connectivity index (χ1) is 4.34. The number of nitrogens with two attached hydrogens (primary N) is 1. The summed E-state index contributed by atoms with van der Waals surface area (Å²) < 4.78 is 9.80. The van der Waals surface area contributed by atoms with Crippen molar-refractivity contribution in [1.29, 1.82) is 0 Å². The minimum absolute atomic E-state index is 0.213. The molecule has 1 aliphatic heterocycles. The van der Waals surface area contributed by atoms with Crippen molar-refractivity contribution in [2.24, 2.45) is 5.73 Å². The zero-order valence-corrected chi connectivity index (χ0v) is 5.12. The van der Waals surface area contributed by atoms with Gasteiger partial charge in [0.25, 0.3) is 0 Å². The lowest BCUT2D eigenvalue weighted by Gasteiger charge is -2.12. The van der Waals surface area contributed by atoms with Crippen molar-refractivity contribution >= 4 is 0 Å². The molecule has 1 aliphatic rings. The lowest BCUT2D eigenvalue weighted by molar-refractivity contribution is -0.00597. The molecular formula is C5H11NO3. The van der Waals surface area contributed by atoms with Crippen molar-refractivity contribution in [2.75, 3.05) is 19.9 Å². The highest BCUT2D eigenvalue weighted by atomic mass is 16.7. The van der Waals surface area contributed by atoms with Gasteiger partial charge in [-0.05, 0) is 0 Å². The standard InChI is InChI=1S/C5H11NO3/c6-1-4(7)5-2-8-3-9-5/h4-5,7H,1-3,6H2. The van der Waals surface area contributed by atoms with Crippen LogP contribution in [0.15, 0.2) is 0 Å². The van der Waals surface area contributed by atoms with E-state index in [0.717, 1.165) is 0 Å². The number of aliphatic hydroxyl groups excluding tert-OH is 1. The lowest BCUT2D eigenvalue weighted by Crippen LogP contribution is -2.34. The predicted molar refractivity (Wildman–Crippen MR) is 30.8 cm³/mol. The van der Waals surface area contributed by atoms with Gasteiger partial charge in [-0.1, -0.05) is 0 Å². The molecule has 0 saturated carbocycles. The zero-order valence-electron chi connectivity index (χ0n) is 5.12. The molecule has 54 valence electrons. The SMILES string of the molecule is NCC(O)C1COCO1. The Morgan fingerprint density at radius 2 is 2.56 bits per heavy atom. The molecule has 0 radical (unpaired) electrons. The molecule has 0 amide bonds. The first-order valence-corrected chi connectivity index (χ1v) is 2.92. The molecular weight excluding hydrogens is 122 g/mol. The highest BCUT2D eigenvalue weighted by Crippen LogP contribution is 2.05. The van der Waals surface area contributed by atoms with Gasteiger partial charge in [-0.2, -0.15) is 0 Å². The highest BCUT2D eigenvalue weighted by molar-refractivity contribution is 4.70. The molecule has 0 aromatic heterocycles. The Kier molecular flexibility index (Phi) is 2.41. The Hall–Kier alpha value is -0.160. The van der Waals surface area contributed by atoms with Crippen LogP contribution in [-0.2, 0) is 9.47 Å². The third-order valence-corrected chi connectivity index (χ3v) is 1.32. The molecule has 3 N–H and O–H groups in total. The van der Waals surface area contributed by atoms with Gasteiger partial charge in [-0.3, -0.25) is 0 Å². The Balaban J connectivity index is 2.24. The summed E-state index contributed by atoms with van der Waals surface area (Å²) >= 11 is 0. The van der Waals surface area contributed by atoms with E-state index in [1.807, 2.05) is 0 Å². The maximum absolute atomic E-state index is 9.03. The van der Waals surface area contributed by atoms with E-state index < -0.39 is 6.10 Å². The van der Waals surface area contributed by atoms with Gasteiger partial charge in [0.1, 0.15) is 12.9 Å². The summed E-state index contributed by atoms with van der Waals surface area (Å²) in [4.78, 5) is 0. The molecule has 0 bridgehead atoms. The summed E-state index contributed by atoms with van der Waals surface area (Å²) in [5.41, 5.74) is 5.17. The quantitative estimate of drug-likeness (QED) is 0.490. The number of rotatable bonds is 2. The molecule has 1 saturated heterocycles. The highest BCUT2D eigenvalue weighted by Gasteiger charge is 2.22. The summed E-state index contributed by atoms with van der Waals surface area (Å²) in [6.45, 7) is 0.966. The maximum atomic E-state index is 9.03. The first-order valence-electron chi connectivity index (χ1n) is 2.92. The molecule has 4 heteroatoms. The fourth-order valence-corrected chi connectivity index (χ4v) is 0.722. The van der Waals surface area contributed by atoms with Crippen molar-refractivity contribution in [3.8, 4) is 0 Å². The van der Waals surface area contributed by atoms with Crippen LogP contribution in [0.1, 0.15) is 0 Å². The molecule has 0 aliphatic carbocycles. The summed E-state index contributed by atoms with van der Waals surface area (Å²) in [5.74, 6) is 0. The zero-order chi connectivity index (χ0) is 6.69. The largest absolute Gasteiger partial charge is 0.389 e. The average Bonchev–Trinajstić information content (AvgIpc) is 2.37. The van der Waals surface area contributed by atoms with Gasteiger partial charge in [0, 0.05) is 6.54 Å². The summed E-state index contributed by atoms with van der Waals surface area (Å²) in [6.07, 6.45) is -0.789. The third kappa shape index (κ3) is 1.62. The molecule has 1 fully saturated rings. The summed E-state index contributed by atoms with van der Waals surface area (Å²) in [5, 5.41) is 9.03. The van der Waals surface area contributed by atoms with Crippen LogP contribution < -0.4 is 5.73 Å². The van der Waals surface area contributed by atoms with E-state index in [0.29, 0.717) is 6.61 Å². The van der Waals surface area contributed by atoms with Crippen molar-refractivity contribution < 1.29 is 14.6 Å². The average molecular weight is 133 g/mol.